The number of thioether (sulfide) groups is 1. The lowest BCUT2D eigenvalue weighted by Crippen LogP contribution is -2.38. The molecule has 4 rings (SSSR count). The standard InChI is InChI=1S/C20H14Cl2N4O3S/c1-9-16(19(27)28-2)17(26-18(24)15(8-23)30-20(26)25-9)14-6-5-13(29-14)11-4-3-10(21)7-12(11)22/h3-7,17H,24H2,1-2H3/t17-/m1/s1. The van der Waals surface area contributed by atoms with Crippen LogP contribution in [0.4, 0.5) is 0 Å². The maximum absolute atomic E-state index is 12.6. The van der Waals surface area contributed by atoms with Crippen molar-refractivity contribution in [3.63, 3.8) is 0 Å². The fraction of sp³-hybridized carbons (Fsp3) is 0.150. The minimum absolute atomic E-state index is 0.197. The number of esters is 1. The van der Waals surface area contributed by atoms with Crippen LogP contribution in [0.1, 0.15) is 18.7 Å². The van der Waals surface area contributed by atoms with E-state index in [1.54, 1.807) is 42.2 Å². The number of hydrogen-bond donors (Lipinski definition) is 1. The fourth-order valence-corrected chi connectivity index (χ4v) is 4.73. The third kappa shape index (κ3) is 3.25. The Balaban J connectivity index is 1.85. The third-order valence-electron chi connectivity index (χ3n) is 4.68. The third-order valence-corrected chi connectivity index (χ3v) is 6.20. The van der Waals surface area contributed by atoms with Crippen LogP contribution in [0.2, 0.25) is 10.0 Å². The Morgan fingerprint density at radius 3 is 2.80 bits per heavy atom. The monoisotopic (exact) mass is 460 g/mol. The maximum atomic E-state index is 12.6. The first-order valence-electron chi connectivity index (χ1n) is 8.65. The highest BCUT2D eigenvalue weighted by atomic mass is 35.5. The lowest BCUT2D eigenvalue weighted by molar-refractivity contribution is -0.136. The van der Waals surface area contributed by atoms with E-state index < -0.39 is 12.0 Å². The van der Waals surface area contributed by atoms with Gasteiger partial charge in [-0.3, -0.25) is 4.90 Å². The van der Waals surface area contributed by atoms with E-state index in [1.807, 2.05) is 0 Å². The summed E-state index contributed by atoms with van der Waals surface area (Å²) in [6.07, 6.45) is 0. The van der Waals surface area contributed by atoms with Crippen LogP contribution in [0.25, 0.3) is 11.3 Å². The second kappa shape index (κ2) is 7.76. The highest BCUT2D eigenvalue weighted by Crippen LogP contribution is 2.46. The topological polar surface area (TPSA) is 105 Å². The van der Waals surface area contributed by atoms with Crippen LogP contribution in [0.5, 0.6) is 0 Å². The lowest BCUT2D eigenvalue weighted by atomic mass is 10.00. The van der Waals surface area contributed by atoms with Crippen molar-refractivity contribution in [1.29, 1.82) is 5.26 Å². The van der Waals surface area contributed by atoms with Gasteiger partial charge in [0.25, 0.3) is 0 Å². The van der Waals surface area contributed by atoms with Gasteiger partial charge in [0.1, 0.15) is 34.4 Å². The summed E-state index contributed by atoms with van der Waals surface area (Å²) in [7, 11) is 1.29. The average molecular weight is 461 g/mol. The molecule has 0 bridgehead atoms. The Morgan fingerprint density at radius 1 is 1.37 bits per heavy atom. The number of furan rings is 1. The quantitative estimate of drug-likeness (QED) is 0.654. The summed E-state index contributed by atoms with van der Waals surface area (Å²) >= 11 is 13.4. The summed E-state index contributed by atoms with van der Waals surface area (Å²) in [5.41, 5.74) is 7.59. The van der Waals surface area contributed by atoms with Crippen molar-refractivity contribution >= 4 is 46.1 Å². The molecule has 2 aliphatic rings. The molecule has 1 atom stereocenters. The van der Waals surface area contributed by atoms with Crippen molar-refractivity contribution in [3.8, 4) is 17.4 Å². The number of nitrogens with zero attached hydrogens (tertiary/aromatic N) is 3. The summed E-state index contributed by atoms with van der Waals surface area (Å²) < 4.78 is 11.1. The van der Waals surface area contributed by atoms with E-state index in [4.69, 9.17) is 38.1 Å². The first-order valence-corrected chi connectivity index (χ1v) is 10.2. The number of nitrogens with two attached hydrogens (primary N) is 1. The number of amidine groups is 1. The predicted molar refractivity (Wildman–Crippen MR) is 115 cm³/mol. The number of allylic oxidation sites excluding steroid dienone is 2. The number of rotatable bonds is 3. The van der Waals surface area contributed by atoms with Crippen molar-refractivity contribution < 1.29 is 13.9 Å². The second-order valence-corrected chi connectivity index (χ2v) is 8.23. The van der Waals surface area contributed by atoms with Gasteiger partial charge in [0.05, 0.1) is 23.4 Å². The number of aliphatic imine (C=N–C) groups is 1. The first kappa shape index (κ1) is 20.4. The molecule has 2 N–H and O–H groups in total. The van der Waals surface area contributed by atoms with Crippen LogP contribution in [0, 0.1) is 11.3 Å². The molecule has 0 saturated carbocycles. The zero-order chi connectivity index (χ0) is 21.6. The smallest absolute Gasteiger partial charge is 0.338 e. The number of carbonyl (C=O) groups excluding carboxylic acids is 1. The van der Waals surface area contributed by atoms with Crippen molar-refractivity contribution in [1.82, 2.24) is 4.90 Å². The molecule has 0 saturated heterocycles. The van der Waals surface area contributed by atoms with Crippen molar-refractivity contribution in [2.75, 3.05) is 7.11 Å². The van der Waals surface area contributed by atoms with Gasteiger partial charge in [-0.15, -0.1) is 0 Å². The van der Waals surface area contributed by atoms with Crippen LogP contribution in [0.15, 0.2) is 61.7 Å². The average Bonchev–Trinajstić information content (AvgIpc) is 3.31. The molecule has 3 heterocycles. The maximum Gasteiger partial charge on any atom is 0.338 e. The Bertz CT molecular complexity index is 1210. The highest BCUT2D eigenvalue weighted by Gasteiger charge is 2.44. The molecule has 1 aromatic carbocycles. The molecule has 0 unspecified atom stereocenters. The molecule has 0 radical (unpaired) electrons. The first-order chi connectivity index (χ1) is 14.3. The SMILES string of the molecule is COC(=O)C1=C(C)N=C2SC(C#N)=C(N)N2[C@@H]1c1ccc(-c2ccc(Cl)cc2Cl)o1. The minimum Gasteiger partial charge on any atom is -0.466 e. The van der Waals surface area contributed by atoms with E-state index in [0.29, 0.717) is 42.9 Å². The Hall–Kier alpha value is -2.86. The molecule has 30 heavy (non-hydrogen) atoms. The molecule has 0 spiro atoms. The van der Waals surface area contributed by atoms with E-state index in [1.165, 1.54) is 7.11 Å². The summed E-state index contributed by atoms with van der Waals surface area (Å²) in [6.45, 7) is 1.70. The lowest BCUT2D eigenvalue weighted by Gasteiger charge is -2.33. The van der Waals surface area contributed by atoms with Gasteiger partial charge < -0.3 is 14.9 Å². The van der Waals surface area contributed by atoms with Gasteiger partial charge in [-0.05, 0) is 49.0 Å². The molecule has 1 aromatic heterocycles. The van der Waals surface area contributed by atoms with Crippen molar-refractivity contribution in [2.24, 2.45) is 10.7 Å². The second-order valence-electron chi connectivity index (χ2n) is 6.41. The summed E-state index contributed by atoms with van der Waals surface area (Å²) in [5, 5.41) is 10.8. The van der Waals surface area contributed by atoms with Gasteiger partial charge in [-0.25, -0.2) is 9.79 Å². The summed E-state index contributed by atoms with van der Waals surface area (Å²) in [6, 6.07) is 9.86. The number of fused-ring (bicyclic) bond motifs is 1. The number of benzene rings is 1. The number of methoxy groups -OCH3 is 1. The van der Waals surface area contributed by atoms with Crippen LogP contribution in [-0.4, -0.2) is 23.1 Å². The minimum atomic E-state index is -0.747. The van der Waals surface area contributed by atoms with E-state index in [0.717, 1.165) is 11.8 Å². The molecule has 2 aliphatic heterocycles. The largest absolute Gasteiger partial charge is 0.466 e. The van der Waals surface area contributed by atoms with Crippen molar-refractivity contribution in [2.45, 2.75) is 13.0 Å². The van der Waals surface area contributed by atoms with Crippen LogP contribution < -0.4 is 5.73 Å². The van der Waals surface area contributed by atoms with Crippen LogP contribution >= 0.6 is 35.0 Å². The van der Waals surface area contributed by atoms with Gasteiger partial charge >= 0.3 is 5.97 Å². The predicted octanol–water partition coefficient (Wildman–Crippen LogP) is 4.81. The summed E-state index contributed by atoms with van der Waals surface area (Å²) in [4.78, 5) is 18.9. The molecule has 7 nitrogen and oxygen atoms in total. The molecule has 0 amide bonds. The van der Waals surface area contributed by atoms with E-state index in [9.17, 15) is 10.1 Å². The van der Waals surface area contributed by atoms with Crippen LogP contribution in [0.3, 0.4) is 0 Å². The van der Waals surface area contributed by atoms with E-state index >= 15 is 0 Å². The molecule has 10 heteroatoms. The highest BCUT2D eigenvalue weighted by molar-refractivity contribution is 8.17. The number of nitriles is 1. The van der Waals surface area contributed by atoms with Gasteiger partial charge in [0, 0.05) is 10.6 Å². The number of hydrogen-bond acceptors (Lipinski definition) is 8. The molecular weight excluding hydrogens is 447 g/mol. The van der Waals surface area contributed by atoms with Gasteiger partial charge in [-0.1, -0.05) is 23.2 Å². The fourth-order valence-electron chi connectivity index (χ4n) is 3.31. The number of carbonyl (C=O) groups is 1. The van der Waals surface area contributed by atoms with E-state index in [-0.39, 0.29) is 11.4 Å². The molecule has 0 aliphatic carbocycles. The number of halogens is 2. The molecule has 0 fully saturated rings. The normalized spacial score (nSPS) is 18.3. The molecule has 2 aromatic rings. The number of ether oxygens (including phenoxy) is 1. The molecular formula is C20H14Cl2N4O3S. The zero-order valence-corrected chi connectivity index (χ0v) is 18.1. The summed E-state index contributed by atoms with van der Waals surface area (Å²) in [5.74, 6) is 0.548. The molecule has 152 valence electrons. The Labute approximate surface area is 186 Å². The zero-order valence-electron chi connectivity index (χ0n) is 15.8. The Kier molecular flexibility index (Phi) is 5.28. The van der Waals surface area contributed by atoms with Crippen LogP contribution in [-0.2, 0) is 9.53 Å². The van der Waals surface area contributed by atoms with Crippen molar-refractivity contribution in [3.05, 3.63) is 68.1 Å². The Morgan fingerprint density at radius 2 is 2.13 bits per heavy atom. The van der Waals surface area contributed by atoms with Gasteiger partial charge in [0.15, 0.2) is 5.17 Å². The van der Waals surface area contributed by atoms with Gasteiger partial charge in [-0.2, -0.15) is 5.26 Å². The van der Waals surface area contributed by atoms with E-state index in [2.05, 4.69) is 11.1 Å². The van der Waals surface area contributed by atoms with Gasteiger partial charge in [0.2, 0.25) is 0 Å².